The summed E-state index contributed by atoms with van der Waals surface area (Å²) in [6, 6.07) is 16.9. The maximum absolute atomic E-state index is 11.8. The summed E-state index contributed by atoms with van der Waals surface area (Å²) in [5, 5.41) is 9.32. The number of nitrogens with zero attached hydrogens (tertiary/aromatic N) is 5. The van der Waals surface area contributed by atoms with Gasteiger partial charge < -0.3 is 10.7 Å². The first-order chi connectivity index (χ1) is 26.2. The van der Waals surface area contributed by atoms with Crippen LogP contribution in [0.4, 0.5) is 0 Å². The summed E-state index contributed by atoms with van der Waals surface area (Å²) in [6.07, 6.45) is 8.16. The number of hydrogen-bond donors (Lipinski definition) is 0. The zero-order valence-corrected chi connectivity index (χ0v) is 46.7. The van der Waals surface area contributed by atoms with Crippen molar-refractivity contribution in [1.82, 2.24) is 18.4 Å². The molecule has 326 valence electrons. The normalized spacial score (nSPS) is 14.6. The van der Waals surface area contributed by atoms with Crippen LogP contribution in [0.5, 0.6) is 0 Å². The first-order valence-corrected chi connectivity index (χ1v) is 30.8. The molecule has 3 aromatic carbocycles. The van der Waals surface area contributed by atoms with Gasteiger partial charge in [-0.2, -0.15) is 18.4 Å². The smallest absolute Gasteiger partial charge is 1.00 e. The molecular formula is C33H45B2Br2ClI2N6NaO8PS4. The van der Waals surface area contributed by atoms with Gasteiger partial charge in [0.05, 0.1) is 59.9 Å². The van der Waals surface area contributed by atoms with Crippen LogP contribution in [0.2, 0.25) is 0 Å². The predicted octanol–water partition coefficient (Wildman–Crippen LogP) is 6.46. The van der Waals surface area contributed by atoms with Gasteiger partial charge in [0.2, 0.25) is 9.05 Å². The maximum atomic E-state index is 11.8. The Labute approximate surface area is 430 Å². The fraction of sp³-hybridized carbons (Fsp3) is 0.364. The molecule has 0 bridgehead atoms. The van der Waals surface area contributed by atoms with Crippen molar-refractivity contribution in [2.45, 2.75) is 60.3 Å². The van der Waals surface area contributed by atoms with Crippen LogP contribution in [-0.4, -0.2) is 90.9 Å². The summed E-state index contributed by atoms with van der Waals surface area (Å²) in [5.74, 6) is 0. The largest absolute Gasteiger partial charge is 1.00 e. The number of hydrogen-bond acceptors (Lipinski definition) is 11. The van der Waals surface area contributed by atoms with Crippen LogP contribution in [0, 0.1) is 0 Å². The molecule has 7 rings (SSSR count). The number of rotatable bonds is 3. The van der Waals surface area contributed by atoms with E-state index in [1.54, 1.807) is 34.6 Å². The summed E-state index contributed by atoms with van der Waals surface area (Å²) in [6.45, 7) is 8.76. The summed E-state index contributed by atoms with van der Waals surface area (Å²) in [5.41, 5.74) is 10.5. The molecule has 1 saturated heterocycles. The molecule has 2 aliphatic rings. The van der Waals surface area contributed by atoms with Crippen molar-refractivity contribution in [1.29, 1.82) is 0 Å². The Balaban J connectivity index is 0. The minimum Gasteiger partial charge on any atom is 1.00 e. The second-order valence-corrected chi connectivity index (χ2v) is 30.3. The molecule has 0 radical (unpaired) electrons. The van der Waals surface area contributed by atoms with E-state index in [0.717, 1.165) is 53.3 Å². The van der Waals surface area contributed by atoms with E-state index in [0.29, 0.717) is 16.4 Å². The summed E-state index contributed by atoms with van der Waals surface area (Å²) in [4.78, 5) is 4.16. The molecular weight excluding hydrogens is 1260 g/mol. The minimum atomic E-state index is -3.45. The molecule has 1 atom stereocenters. The third-order valence-electron chi connectivity index (χ3n) is 8.04. The molecule has 1 fully saturated rings. The Morgan fingerprint density at radius 3 is 1.72 bits per heavy atom. The molecule has 0 saturated carbocycles. The van der Waals surface area contributed by atoms with E-state index in [2.05, 4.69) is 108 Å². The third kappa shape index (κ3) is 17.6. The first-order valence-electron chi connectivity index (χ1n) is 16.0. The van der Waals surface area contributed by atoms with Gasteiger partial charge in [-0.3, -0.25) is 4.99 Å². The second kappa shape index (κ2) is 25.3. The Hall–Kier alpha value is 0.360. The van der Waals surface area contributed by atoms with Crippen molar-refractivity contribution in [3.8, 4) is 0 Å². The number of aromatic nitrogens is 4. The first kappa shape index (κ1) is 60.4. The molecule has 2 aromatic heterocycles. The average Bonchev–Trinajstić information content (AvgIpc) is 3.86. The van der Waals surface area contributed by atoms with Crippen LogP contribution in [0.3, 0.4) is 0 Å². The van der Waals surface area contributed by atoms with Gasteiger partial charge in [0.15, 0.2) is 0 Å². The van der Waals surface area contributed by atoms with Gasteiger partial charge in [0.25, 0.3) is 20.0 Å². The quantitative estimate of drug-likeness (QED) is 0.0839. The molecule has 0 spiro atoms. The fourth-order valence-electron chi connectivity index (χ4n) is 4.88. The Morgan fingerprint density at radius 1 is 0.850 bits per heavy atom. The van der Waals surface area contributed by atoms with E-state index in [1.807, 2.05) is 62.2 Å². The summed E-state index contributed by atoms with van der Waals surface area (Å²) >= 11 is 11.0. The monoisotopic (exact) mass is 1300 g/mol. The standard InChI is InChI=1S/C14H19BN2O4S.C8H7BrN2O2S.C8H6BrN.CH3ClO2S.2CH4.BHI2NPS.Na.H/c1-13(2)14(3,4)21-15(20-13)11-7-6-8-12-10(11)9-16-17(12)22(5,18)19;1-14(12,13)11-8-4-2-3-7(9)6(8)5-10-11;9-8-3-1-2-6-4-10-5-7(6)8;1-5(2,3)4;;;2-1-6-5(3)4;;/h6-9H,1-5H3;2-5H,1H3;1-3,5H,4H2;1H3;2*1H4;4H;;/q;;;;;;;+1;-1. The molecule has 1 unspecified atom stereocenters. The number of aliphatic imine (C=N–C) groups is 1. The van der Waals surface area contributed by atoms with Crippen molar-refractivity contribution < 1.29 is 65.5 Å². The fourth-order valence-corrected chi connectivity index (χ4v) is 14.6. The average molecular weight is 1310 g/mol. The van der Waals surface area contributed by atoms with E-state index in [1.165, 1.54) is 23.5 Å². The molecule has 4 heterocycles. The van der Waals surface area contributed by atoms with Crippen molar-refractivity contribution in [2.75, 3.05) is 18.8 Å². The van der Waals surface area contributed by atoms with Crippen LogP contribution in [0.15, 0.2) is 80.9 Å². The summed E-state index contributed by atoms with van der Waals surface area (Å²) < 4.78 is 82.5. The van der Waals surface area contributed by atoms with Crippen LogP contribution in [0.25, 0.3) is 27.3 Å². The van der Waals surface area contributed by atoms with Crippen molar-refractivity contribution >= 4 is 176 Å². The zero-order chi connectivity index (χ0) is 43.1. The number of halogens is 5. The molecule has 5 aromatic rings. The van der Waals surface area contributed by atoms with Gasteiger partial charge >= 0.3 is 105 Å². The van der Waals surface area contributed by atoms with Crippen molar-refractivity contribution in [2.24, 2.45) is 4.99 Å². The SMILES string of the molecule is Brc1cccc2c1C=NC2.C.C.CC1(C)OB(c2cccc3c2cnn3S(C)(=O)=O)OC1(C)C.CS(=O)(=O)Cl.CS(=O)(=O)n1ncc2c(Br)cccc21.[H-].[NH-][P+](I)=S=BI.[Na+]. The predicted molar refractivity (Wildman–Crippen MR) is 276 cm³/mol. The van der Waals surface area contributed by atoms with Crippen LogP contribution in [0.1, 0.15) is 55.1 Å². The van der Waals surface area contributed by atoms with Crippen molar-refractivity contribution in [3.63, 3.8) is 0 Å². The van der Waals surface area contributed by atoms with E-state index in [-0.39, 0.29) is 45.8 Å². The van der Waals surface area contributed by atoms with Gasteiger partial charge in [-0.25, -0.2) is 25.3 Å². The van der Waals surface area contributed by atoms with E-state index in [9.17, 15) is 25.3 Å². The molecule has 14 nitrogen and oxygen atoms in total. The molecule has 2 aliphatic heterocycles. The third-order valence-corrected chi connectivity index (χ3v) is 16.4. The number of nitrogens with one attached hydrogen (secondary N) is 1. The number of fused-ring (bicyclic) bond motifs is 3. The van der Waals surface area contributed by atoms with E-state index >= 15 is 0 Å². The van der Waals surface area contributed by atoms with Gasteiger partial charge in [0.1, 0.15) is 0 Å². The van der Waals surface area contributed by atoms with Gasteiger partial charge in [-0.1, -0.05) is 77.0 Å². The number of benzene rings is 3. The minimum absolute atomic E-state index is 0. The molecule has 0 amide bonds. The van der Waals surface area contributed by atoms with Gasteiger partial charge in [-0.15, -0.1) is 0 Å². The molecule has 27 heteroatoms. The van der Waals surface area contributed by atoms with Crippen LogP contribution in [-0.2, 0) is 55.3 Å². The Bertz CT molecular complexity index is 2690. The zero-order valence-electron chi connectivity index (χ0n) is 33.3. The van der Waals surface area contributed by atoms with Crippen molar-refractivity contribution in [3.05, 3.63) is 92.6 Å². The topological polar surface area (TPSA) is 193 Å². The summed E-state index contributed by atoms with van der Waals surface area (Å²) in [7, 11) is -4.44. The van der Waals surface area contributed by atoms with E-state index in [4.69, 9.17) is 14.8 Å². The van der Waals surface area contributed by atoms with Gasteiger partial charge in [-0.05, 0) is 63.0 Å². The maximum Gasteiger partial charge on any atom is 1.00 e. The molecule has 60 heavy (non-hydrogen) atoms. The van der Waals surface area contributed by atoms with E-state index < -0.39 is 51.9 Å². The second-order valence-electron chi connectivity index (χ2n) is 12.9. The van der Waals surface area contributed by atoms with Crippen LogP contribution >= 0.6 is 91.4 Å². The Kier molecular flexibility index (Phi) is 25.5. The Morgan fingerprint density at radius 2 is 1.28 bits per heavy atom. The van der Waals surface area contributed by atoms with Gasteiger partial charge in [0, 0.05) is 42.2 Å². The molecule has 1 N–H and O–H groups in total. The molecule has 0 aliphatic carbocycles. The van der Waals surface area contributed by atoms with Crippen LogP contribution < -0.4 is 35.0 Å².